The molecule has 4 aromatic rings. The standard InChI is InChI=1S/C21H15N/c1-13-16-7-4-5-9-18(16)19-12-15-11-10-14-6-2-3-8-17(14)20(15)21(19)22-13/h2-11H,12H2,1H3. The van der Waals surface area contributed by atoms with Crippen LogP contribution >= 0.6 is 0 Å². The van der Waals surface area contributed by atoms with Gasteiger partial charge in [0.1, 0.15) is 0 Å². The fourth-order valence-electron chi connectivity index (χ4n) is 3.80. The second-order valence-corrected chi connectivity index (χ2v) is 6.07. The molecule has 0 radical (unpaired) electrons. The summed E-state index contributed by atoms with van der Waals surface area (Å²) in [4.78, 5) is 4.97. The molecule has 0 unspecified atom stereocenters. The normalized spacial score (nSPS) is 12.6. The molecule has 0 saturated carbocycles. The monoisotopic (exact) mass is 281 g/mol. The van der Waals surface area contributed by atoms with E-state index in [-0.39, 0.29) is 0 Å². The van der Waals surface area contributed by atoms with Gasteiger partial charge in [-0.15, -0.1) is 0 Å². The van der Waals surface area contributed by atoms with Gasteiger partial charge in [0, 0.05) is 23.1 Å². The van der Waals surface area contributed by atoms with Crippen LogP contribution in [0.2, 0.25) is 0 Å². The van der Waals surface area contributed by atoms with Crippen molar-refractivity contribution in [3.63, 3.8) is 0 Å². The van der Waals surface area contributed by atoms with Crippen LogP contribution in [0.5, 0.6) is 0 Å². The molecule has 1 nitrogen and oxygen atoms in total. The lowest BCUT2D eigenvalue weighted by Gasteiger charge is -2.09. The first-order valence-corrected chi connectivity index (χ1v) is 7.72. The zero-order chi connectivity index (χ0) is 14.7. The molecule has 0 fully saturated rings. The summed E-state index contributed by atoms with van der Waals surface area (Å²) in [5, 5.41) is 5.24. The largest absolute Gasteiger partial charge is 0.252 e. The Bertz CT molecular complexity index is 1060. The molecule has 1 heterocycles. The minimum absolute atomic E-state index is 0.989. The van der Waals surface area contributed by atoms with E-state index in [2.05, 4.69) is 67.6 Å². The van der Waals surface area contributed by atoms with Gasteiger partial charge in [-0.2, -0.15) is 0 Å². The first-order chi connectivity index (χ1) is 10.8. The quantitative estimate of drug-likeness (QED) is 0.377. The maximum atomic E-state index is 4.97. The second-order valence-electron chi connectivity index (χ2n) is 6.07. The fourth-order valence-corrected chi connectivity index (χ4v) is 3.80. The van der Waals surface area contributed by atoms with Gasteiger partial charge in [-0.25, -0.2) is 0 Å². The van der Waals surface area contributed by atoms with Gasteiger partial charge in [-0.05, 0) is 34.2 Å². The third-order valence-electron chi connectivity index (χ3n) is 4.83. The summed E-state index contributed by atoms with van der Waals surface area (Å²) in [6.45, 7) is 2.12. The lowest BCUT2D eigenvalue weighted by atomic mass is 10.00. The first kappa shape index (κ1) is 11.9. The third-order valence-corrected chi connectivity index (χ3v) is 4.83. The Morgan fingerprint density at radius 3 is 2.36 bits per heavy atom. The van der Waals surface area contributed by atoms with Crippen molar-refractivity contribution in [2.75, 3.05) is 0 Å². The zero-order valence-electron chi connectivity index (χ0n) is 12.4. The summed E-state index contributed by atoms with van der Waals surface area (Å²) in [6.07, 6.45) is 0.989. The van der Waals surface area contributed by atoms with Crippen molar-refractivity contribution < 1.29 is 0 Å². The topological polar surface area (TPSA) is 12.9 Å². The van der Waals surface area contributed by atoms with Crippen LogP contribution in [0.25, 0.3) is 32.8 Å². The molecule has 3 aromatic carbocycles. The van der Waals surface area contributed by atoms with Crippen molar-refractivity contribution in [3.8, 4) is 11.3 Å². The molecule has 1 heteroatoms. The molecule has 0 aliphatic heterocycles. The second kappa shape index (κ2) is 4.17. The average molecular weight is 281 g/mol. The van der Waals surface area contributed by atoms with Gasteiger partial charge >= 0.3 is 0 Å². The summed E-state index contributed by atoms with van der Waals surface area (Å²) in [7, 11) is 0. The van der Waals surface area contributed by atoms with Crippen molar-refractivity contribution >= 4 is 21.5 Å². The van der Waals surface area contributed by atoms with E-state index in [1.807, 2.05) is 0 Å². The van der Waals surface area contributed by atoms with Gasteiger partial charge in [0.15, 0.2) is 0 Å². The molecule has 22 heavy (non-hydrogen) atoms. The van der Waals surface area contributed by atoms with E-state index < -0.39 is 0 Å². The number of pyridine rings is 1. The first-order valence-electron chi connectivity index (χ1n) is 7.72. The Hall–Kier alpha value is -2.67. The molecule has 5 rings (SSSR count). The van der Waals surface area contributed by atoms with Crippen molar-refractivity contribution in [1.82, 2.24) is 4.98 Å². The van der Waals surface area contributed by atoms with Crippen molar-refractivity contribution in [2.45, 2.75) is 13.3 Å². The van der Waals surface area contributed by atoms with E-state index in [0.29, 0.717) is 0 Å². The molecule has 0 saturated heterocycles. The van der Waals surface area contributed by atoms with E-state index in [1.54, 1.807) is 0 Å². The highest BCUT2D eigenvalue weighted by atomic mass is 14.7. The maximum Gasteiger partial charge on any atom is 0.0756 e. The average Bonchev–Trinajstić information content (AvgIpc) is 2.94. The number of aromatic nitrogens is 1. The van der Waals surface area contributed by atoms with Crippen LogP contribution in [-0.2, 0) is 6.42 Å². The predicted molar refractivity (Wildman–Crippen MR) is 92.2 cm³/mol. The number of rotatable bonds is 0. The van der Waals surface area contributed by atoms with Crippen molar-refractivity contribution in [3.05, 3.63) is 77.5 Å². The molecule has 0 spiro atoms. The third kappa shape index (κ3) is 1.46. The number of fused-ring (bicyclic) bond motifs is 7. The van der Waals surface area contributed by atoms with Gasteiger partial charge in [-0.1, -0.05) is 60.7 Å². The SMILES string of the molecule is Cc1nc2c(c3ccccc13)Cc1ccc3ccccc3c1-2. The smallest absolute Gasteiger partial charge is 0.0756 e. The number of hydrogen-bond acceptors (Lipinski definition) is 1. The zero-order valence-corrected chi connectivity index (χ0v) is 12.4. The summed E-state index contributed by atoms with van der Waals surface area (Å²) in [5.41, 5.74) is 6.42. The Morgan fingerprint density at radius 2 is 1.50 bits per heavy atom. The van der Waals surface area contributed by atoms with Crippen LogP contribution in [0.4, 0.5) is 0 Å². The van der Waals surface area contributed by atoms with E-state index in [1.165, 1.54) is 43.9 Å². The van der Waals surface area contributed by atoms with Crippen LogP contribution in [-0.4, -0.2) is 4.98 Å². The molecule has 1 aliphatic carbocycles. The van der Waals surface area contributed by atoms with Gasteiger partial charge in [0.05, 0.1) is 5.69 Å². The number of hydrogen-bond donors (Lipinski definition) is 0. The predicted octanol–water partition coefficient (Wildman–Crippen LogP) is 5.27. The van der Waals surface area contributed by atoms with Crippen LogP contribution < -0.4 is 0 Å². The molecule has 1 aromatic heterocycles. The lowest BCUT2D eigenvalue weighted by molar-refractivity contribution is 1.21. The maximum absolute atomic E-state index is 4.97. The van der Waals surface area contributed by atoms with Crippen LogP contribution in [0, 0.1) is 6.92 Å². The van der Waals surface area contributed by atoms with Gasteiger partial charge in [0.2, 0.25) is 0 Å². The van der Waals surface area contributed by atoms with Gasteiger partial charge < -0.3 is 0 Å². The Kier molecular flexibility index (Phi) is 2.26. The minimum atomic E-state index is 0.989. The molecule has 0 amide bonds. The highest BCUT2D eigenvalue weighted by Gasteiger charge is 2.24. The van der Waals surface area contributed by atoms with E-state index in [9.17, 15) is 0 Å². The number of benzene rings is 3. The molecule has 1 aliphatic rings. The van der Waals surface area contributed by atoms with Crippen molar-refractivity contribution in [1.29, 1.82) is 0 Å². The summed E-state index contributed by atoms with van der Waals surface area (Å²) < 4.78 is 0. The number of nitrogens with zero attached hydrogens (tertiary/aromatic N) is 1. The number of aryl methyl sites for hydroxylation is 1. The van der Waals surface area contributed by atoms with E-state index >= 15 is 0 Å². The fraction of sp³-hybridized carbons (Fsp3) is 0.0952. The van der Waals surface area contributed by atoms with Crippen molar-refractivity contribution in [2.24, 2.45) is 0 Å². The highest BCUT2D eigenvalue weighted by molar-refractivity contribution is 6.04. The van der Waals surface area contributed by atoms with Gasteiger partial charge in [-0.3, -0.25) is 4.98 Å². The summed E-state index contributed by atoms with van der Waals surface area (Å²) >= 11 is 0. The molecule has 0 bridgehead atoms. The Morgan fingerprint density at radius 1 is 0.773 bits per heavy atom. The van der Waals surface area contributed by atoms with Crippen LogP contribution in [0.1, 0.15) is 16.8 Å². The summed E-state index contributed by atoms with van der Waals surface area (Å²) in [5.74, 6) is 0. The van der Waals surface area contributed by atoms with E-state index in [0.717, 1.165) is 12.1 Å². The minimum Gasteiger partial charge on any atom is -0.252 e. The van der Waals surface area contributed by atoms with Crippen LogP contribution in [0.15, 0.2) is 60.7 Å². The molecule has 0 atom stereocenters. The van der Waals surface area contributed by atoms with E-state index in [4.69, 9.17) is 4.98 Å². The Labute approximate surface area is 129 Å². The molecule has 0 N–H and O–H groups in total. The Balaban J connectivity index is 1.96. The molecular weight excluding hydrogens is 266 g/mol. The molecule has 104 valence electrons. The van der Waals surface area contributed by atoms with Crippen LogP contribution in [0.3, 0.4) is 0 Å². The van der Waals surface area contributed by atoms with Gasteiger partial charge in [0.25, 0.3) is 0 Å². The summed E-state index contributed by atoms with van der Waals surface area (Å²) in [6, 6.07) is 21.8. The lowest BCUT2D eigenvalue weighted by Crippen LogP contribution is -1.92. The molecular formula is C21H15N. The highest BCUT2D eigenvalue weighted by Crippen LogP contribution is 2.43.